The van der Waals surface area contributed by atoms with Crippen LogP contribution in [0.4, 0.5) is 0 Å². The van der Waals surface area contributed by atoms with Crippen LogP contribution in [0.2, 0.25) is 0 Å². The van der Waals surface area contributed by atoms with Crippen molar-refractivity contribution >= 4 is 11.8 Å². The number of thioether (sulfide) groups is 1. The molecular formula is C17H26N2S. The van der Waals surface area contributed by atoms with Gasteiger partial charge in [-0.15, -0.1) is 11.8 Å². The van der Waals surface area contributed by atoms with Gasteiger partial charge in [0.15, 0.2) is 0 Å². The first-order valence-electron chi connectivity index (χ1n) is 7.89. The molecule has 0 amide bonds. The average molecular weight is 290 g/mol. The third-order valence-corrected chi connectivity index (χ3v) is 6.83. The lowest BCUT2D eigenvalue weighted by Crippen LogP contribution is -2.49. The second-order valence-corrected chi connectivity index (χ2v) is 7.97. The van der Waals surface area contributed by atoms with Crippen molar-refractivity contribution in [2.45, 2.75) is 55.7 Å². The molecule has 2 nitrogen and oxygen atoms in total. The molecule has 0 aromatic heterocycles. The van der Waals surface area contributed by atoms with Gasteiger partial charge in [-0.2, -0.15) is 0 Å². The summed E-state index contributed by atoms with van der Waals surface area (Å²) in [7, 11) is 0. The number of benzene rings is 1. The first-order valence-corrected chi connectivity index (χ1v) is 8.77. The molecule has 1 aliphatic carbocycles. The van der Waals surface area contributed by atoms with Crippen molar-refractivity contribution in [1.29, 1.82) is 0 Å². The zero-order chi connectivity index (χ0) is 14.1. The molecule has 1 saturated carbocycles. The molecule has 0 bridgehead atoms. The van der Waals surface area contributed by atoms with E-state index in [1.54, 1.807) is 0 Å². The fourth-order valence-corrected chi connectivity index (χ4v) is 5.37. The van der Waals surface area contributed by atoms with Crippen LogP contribution in [0.15, 0.2) is 29.2 Å². The molecule has 1 fully saturated rings. The number of nitrogens with two attached hydrogens (primary N) is 1. The summed E-state index contributed by atoms with van der Waals surface area (Å²) in [6.07, 6.45) is 5.17. The summed E-state index contributed by atoms with van der Waals surface area (Å²) < 4.78 is 0. The first kappa shape index (κ1) is 14.4. The molecule has 3 rings (SSSR count). The molecule has 2 aliphatic rings. The van der Waals surface area contributed by atoms with Crippen LogP contribution in [-0.4, -0.2) is 11.3 Å². The van der Waals surface area contributed by atoms with Gasteiger partial charge in [0.05, 0.1) is 0 Å². The Kier molecular flexibility index (Phi) is 4.39. The van der Waals surface area contributed by atoms with Crippen LogP contribution in [0.25, 0.3) is 0 Å². The summed E-state index contributed by atoms with van der Waals surface area (Å²) in [4.78, 5) is 1.45. The van der Waals surface area contributed by atoms with Gasteiger partial charge in [-0.1, -0.05) is 38.5 Å². The smallest absolute Gasteiger partial charge is 0.0364 e. The molecule has 110 valence electrons. The molecule has 5 unspecified atom stereocenters. The summed E-state index contributed by atoms with van der Waals surface area (Å²) in [5.74, 6) is 8.37. The minimum Gasteiger partial charge on any atom is -0.271 e. The normalized spacial score (nSPS) is 34.8. The molecule has 0 radical (unpaired) electrons. The Balaban J connectivity index is 1.69. The molecule has 1 aromatic rings. The van der Waals surface area contributed by atoms with Crippen LogP contribution in [0.1, 0.15) is 38.7 Å². The summed E-state index contributed by atoms with van der Waals surface area (Å²) in [5, 5.41) is 0.600. The maximum Gasteiger partial charge on any atom is 0.0364 e. The summed E-state index contributed by atoms with van der Waals surface area (Å²) >= 11 is 2.02. The standard InChI is InChI=1S/C17H26N2S/c1-11-7-8-14(9-12(11)2)17(19-18)16-10-13-5-3-4-6-15(13)20-16/h3-6,11-12,14,16-17,19H,7-10,18H2,1-2H3. The summed E-state index contributed by atoms with van der Waals surface area (Å²) in [5.41, 5.74) is 4.66. The van der Waals surface area contributed by atoms with Crippen LogP contribution in [0, 0.1) is 17.8 Å². The number of nitrogens with one attached hydrogen (secondary N) is 1. The number of rotatable bonds is 3. The monoisotopic (exact) mass is 290 g/mol. The fourth-order valence-electron chi connectivity index (χ4n) is 3.87. The molecule has 0 spiro atoms. The van der Waals surface area contributed by atoms with E-state index in [0.29, 0.717) is 11.3 Å². The maximum absolute atomic E-state index is 5.94. The summed E-state index contributed by atoms with van der Waals surface area (Å²) in [6.45, 7) is 4.80. The fraction of sp³-hybridized carbons (Fsp3) is 0.647. The topological polar surface area (TPSA) is 38.0 Å². The Labute approximate surface area is 126 Å². The Hall–Kier alpha value is -0.510. The molecule has 1 aromatic carbocycles. The van der Waals surface area contributed by atoms with E-state index in [0.717, 1.165) is 24.2 Å². The highest BCUT2D eigenvalue weighted by atomic mass is 32.2. The highest BCUT2D eigenvalue weighted by Crippen LogP contribution is 2.43. The lowest BCUT2D eigenvalue weighted by Gasteiger charge is -2.38. The van der Waals surface area contributed by atoms with E-state index >= 15 is 0 Å². The molecule has 1 heterocycles. The van der Waals surface area contributed by atoms with E-state index < -0.39 is 0 Å². The van der Waals surface area contributed by atoms with E-state index in [4.69, 9.17) is 5.84 Å². The lowest BCUT2D eigenvalue weighted by molar-refractivity contribution is 0.169. The predicted molar refractivity (Wildman–Crippen MR) is 86.6 cm³/mol. The lowest BCUT2D eigenvalue weighted by atomic mass is 9.72. The van der Waals surface area contributed by atoms with Crippen molar-refractivity contribution in [3.8, 4) is 0 Å². The van der Waals surface area contributed by atoms with Crippen molar-refractivity contribution in [2.75, 3.05) is 0 Å². The number of fused-ring (bicyclic) bond motifs is 1. The van der Waals surface area contributed by atoms with Gasteiger partial charge in [-0.3, -0.25) is 11.3 Å². The predicted octanol–water partition coefficient (Wildman–Crippen LogP) is 3.61. The minimum absolute atomic E-state index is 0.447. The Morgan fingerprint density at radius 1 is 1.20 bits per heavy atom. The Morgan fingerprint density at radius 2 is 2.00 bits per heavy atom. The zero-order valence-electron chi connectivity index (χ0n) is 12.5. The highest BCUT2D eigenvalue weighted by Gasteiger charge is 2.36. The Bertz CT molecular complexity index is 437. The van der Waals surface area contributed by atoms with Crippen LogP contribution < -0.4 is 11.3 Å². The van der Waals surface area contributed by atoms with Gasteiger partial charge >= 0.3 is 0 Å². The van der Waals surface area contributed by atoms with Crippen LogP contribution in [0.3, 0.4) is 0 Å². The van der Waals surface area contributed by atoms with Crippen LogP contribution >= 0.6 is 11.8 Å². The van der Waals surface area contributed by atoms with Crippen molar-refractivity contribution in [3.05, 3.63) is 29.8 Å². The van der Waals surface area contributed by atoms with E-state index in [1.807, 2.05) is 11.8 Å². The van der Waals surface area contributed by atoms with Crippen molar-refractivity contribution in [2.24, 2.45) is 23.6 Å². The molecule has 3 N–H and O–H groups in total. The SMILES string of the molecule is CC1CCC(C(NN)C2Cc3ccccc3S2)CC1C. The van der Waals surface area contributed by atoms with Crippen LogP contribution in [0.5, 0.6) is 0 Å². The quantitative estimate of drug-likeness (QED) is 0.660. The average Bonchev–Trinajstić information content (AvgIpc) is 2.87. The van der Waals surface area contributed by atoms with Crippen LogP contribution in [-0.2, 0) is 6.42 Å². The first-order chi connectivity index (χ1) is 9.69. The highest BCUT2D eigenvalue weighted by molar-refractivity contribution is 8.00. The van der Waals surface area contributed by atoms with Gasteiger partial charge < -0.3 is 0 Å². The maximum atomic E-state index is 5.94. The molecule has 20 heavy (non-hydrogen) atoms. The molecule has 5 atom stereocenters. The molecular weight excluding hydrogens is 264 g/mol. The third kappa shape index (κ3) is 2.76. The van der Waals surface area contributed by atoms with Gasteiger partial charge in [0.1, 0.15) is 0 Å². The zero-order valence-corrected chi connectivity index (χ0v) is 13.3. The number of hydrazine groups is 1. The molecule has 3 heteroatoms. The van der Waals surface area contributed by atoms with Gasteiger partial charge in [0, 0.05) is 16.2 Å². The van der Waals surface area contributed by atoms with Gasteiger partial charge in [0.25, 0.3) is 0 Å². The van der Waals surface area contributed by atoms with E-state index in [9.17, 15) is 0 Å². The van der Waals surface area contributed by atoms with Crippen molar-refractivity contribution in [3.63, 3.8) is 0 Å². The minimum atomic E-state index is 0.447. The van der Waals surface area contributed by atoms with Crippen molar-refractivity contribution in [1.82, 2.24) is 5.43 Å². The molecule has 0 saturated heterocycles. The van der Waals surface area contributed by atoms with Gasteiger partial charge in [0.2, 0.25) is 0 Å². The van der Waals surface area contributed by atoms with Gasteiger partial charge in [-0.25, -0.2) is 0 Å². The second-order valence-electron chi connectivity index (χ2n) is 6.69. The molecule has 1 aliphatic heterocycles. The van der Waals surface area contributed by atoms with E-state index in [-0.39, 0.29) is 0 Å². The number of hydrogen-bond donors (Lipinski definition) is 2. The van der Waals surface area contributed by atoms with Crippen molar-refractivity contribution < 1.29 is 0 Å². The largest absolute Gasteiger partial charge is 0.271 e. The number of hydrogen-bond acceptors (Lipinski definition) is 3. The third-order valence-electron chi connectivity index (χ3n) is 5.41. The van der Waals surface area contributed by atoms with E-state index in [1.165, 1.54) is 29.7 Å². The Morgan fingerprint density at radius 3 is 2.70 bits per heavy atom. The second kappa shape index (κ2) is 6.08. The summed E-state index contributed by atoms with van der Waals surface area (Å²) in [6, 6.07) is 9.25. The van der Waals surface area contributed by atoms with E-state index in [2.05, 4.69) is 43.5 Å². The van der Waals surface area contributed by atoms with Gasteiger partial charge in [-0.05, 0) is 48.6 Å².